The number of anilines is 1. The maximum Gasteiger partial charge on any atom is 0.0314 e. The molecule has 0 fully saturated rings. The molecule has 88 valence electrons. The zero-order valence-electron chi connectivity index (χ0n) is 10.7. The third kappa shape index (κ3) is 2.50. The van der Waals surface area contributed by atoms with Crippen LogP contribution < -0.4 is 5.73 Å². The van der Waals surface area contributed by atoms with Gasteiger partial charge in [-0.15, -0.1) is 0 Å². The van der Waals surface area contributed by atoms with Crippen molar-refractivity contribution in [2.45, 2.75) is 27.2 Å². The predicted molar refractivity (Wildman–Crippen MR) is 74.3 cm³/mol. The highest BCUT2D eigenvalue weighted by Gasteiger charge is 2.05. The lowest BCUT2D eigenvalue weighted by atomic mass is 9.93. The van der Waals surface area contributed by atoms with Gasteiger partial charge in [0.2, 0.25) is 0 Å². The molecule has 0 bridgehead atoms. The van der Waals surface area contributed by atoms with Gasteiger partial charge in [0.1, 0.15) is 0 Å². The summed E-state index contributed by atoms with van der Waals surface area (Å²) in [4.78, 5) is 0. The zero-order valence-corrected chi connectivity index (χ0v) is 10.7. The zero-order chi connectivity index (χ0) is 12.4. The monoisotopic (exact) mass is 225 g/mol. The molecule has 0 aliphatic heterocycles. The summed E-state index contributed by atoms with van der Waals surface area (Å²) in [5.41, 5.74) is 13.4. The van der Waals surface area contributed by atoms with E-state index in [4.69, 9.17) is 5.73 Å². The van der Waals surface area contributed by atoms with Crippen LogP contribution in [0.2, 0.25) is 0 Å². The van der Waals surface area contributed by atoms with E-state index in [1.165, 1.54) is 27.8 Å². The molecule has 0 unspecified atom stereocenters. The Morgan fingerprint density at radius 3 is 2.06 bits per heavy atom. The van der Waals surface area contributed by atoms with Crippen LogP contribution in [0.25, 0.3) is 0 Å². The summed E-state index contributed by atoms with van der Waals surface area (Å²) in [6.07, 6.45) is 0.986. The summed E-state index contributed by atoms with van der Waals surface area (Å²) < 4.78 is 0. The van der Waals surface area contributed by atoms with Crippen molar-refractivity contribution in [2.24, 2.45) is 0 Å². The molecule has 2 aromatic rings. The fraction of sp³-hybridized carbons (Fsp3) is 0.250. The molecule has 17 heavy (non-hydrogen) atoms. The third-order valence-corrected chi connectivity index (χ3v) is 3.46. The molecule has 2 rings (SSSR count). The van der Waals surface area contributed by atoms with Crippen molar-refractivity contribution in [2.75, 3.05) is 5.73 Å². The van der Waals surface area contributed by atoms with E-state index in [0.29, 0.717) is 0 Å². The van der Waals surface area contributed by atoms with Crippen molar-refractivity contribution in [3.05, 3.63) is 64.2 Å². The van der Waals surface area contributed by atoms with Crippen LogP contribution >= 0.6 is 0 Å². The highest BCUT2D eigenvalue weighted by molar-refractivity contribution is 5.44. The number of rotatable bonds is 2. The third-order valence-electron chi connectivity index (χ3n) is 3.46. The first-order valence-corrected chi connectivity index (χ1v) is 5.98. The lowest BCUT2D eigenvalue weighted by Gasteiger charge is -2.12. The maximum atomic E-state index is 5.70. The molecular formula is C16H19N. The summed E-state index contributed by atoms with van der Waals surface area (Å²) in [5.74, 6) is 0. The Morgan fingerprint density at radius 2 is 1.41 bits per heavy atom. The molecule has 2 aromatic carbocycles. The quantitative estimate of drug-likeness (QED) is 0.773. The molecule has 1 nitrogen and oxygen atoms in total. The molecule has 2 N–H and O–H groups in total. The second kappa shape index (κ2) is 4.62. The summed E-state index contributed by atoms with van der Waals surface area (Å²) in [6, 6.07) is 12.5. The topological polar surface area (TPSA) is 26.0 Å². The number of hydrogen-bond donors (Lipinski definition) is 1. The first-order chi connectivity index (χ1) is 8.08. The van der Waals surface area contributed by atoms with Crippen molar-refractivity contribution < 1.29 is 0 Å². The normalized spacial score (nSPS) is 10.5. The van der Waals surface area contributed by atoms with Crippen LogP contribution in [0.4, 0.5) is 5.69 Å². The molecule has 0 heterocycles. The van der Waals surface area contributed by atoms with E-state index in [2.05, 4.69) is 45.0 Å². The second-order valence-electron chi connectivity index (χ2n) is 4.72. The first-order valence-electron chi connectivity index (χ1n) is 5.98. The Bertz CT molecular complexity index is 524. The fourth-order valence-electron chi connectivity index (χ4n) is 2.12. The van der Waals surface area contributed by atoms with Crippen molar-refractivity contribution in [1.29, 1.82) is 0 Å². The Morgan fingerprint density at radius 1 is 0.824 bits per heavy atom. The number of benzene rings is 2. The van der Waals surface area contributed by atoms with Crippen molar-refractivity contribution in [3.8, 4) is 0 Å². The molecule has 0 atom stereocenters. The summed E-state index contributed by atoms with van der Waals surface area (Å²) in [5, 5.41) is 0. The Kier molecular flexibility index (Phi) is 3.19. The SMILES string of the molecule is Cc1ccc(C)c(Cc2ccc(N)cc2)c1C. The van der Waals surface area contributed by atoms with Gasteiger partial charge in [0.25, 0.3) is 0 Å². The first kappa shape index (κ1) is 11.7. The van der Waals surface area contributed by atoms with Gasteiger partial charge in [-0.25, -0.2) is 0 Å². The molecule has 0 saturated heterocycles. The Balaban J connectivity index is 2.36. The van der Waals surface area contributed by atoms with Crippen LogP contribution in [0.1, 0.15) is 27.8 Å². The van der Waals surface area contributed by atoms with Gasteiger partial charge in [0.05, 0.1) is 0 Å². The number of nitrogen functional groups attached to an aromatic ring is 1. The maximum absolute atomic E-state index is 5.70. The highest BCUT2D eigenvalue weighted by atomic mass is 14.5. The van der Waals surface area contributed by atoms with Crippen LogP contribution in [-0.4, -0.2) is 0 Å². The van der Waals surface area contributed by atoms with Crippen molar-refractivity contribution >= 4 is 5.69 Å². The van der Waals surface area contributed by atoms with Gasteiger partial charge < -0.3 is 5.73 Å². The lowest BCUT2D eigenvalue weighted by Crippen LogP contribution is -1.98. The van der Waals surface area contributed by atoms with Crippen LogP contribution in [0.3, 0.4) is 0 Å². The standard InChI is InChI=1S/C16H19N/c1-11-4-5-12(2)16(13(11)3)10-14-6-8-15(17)9-7-14/h4-9H,10,17H2,1-3H3. The average Bonchev–Trinajstić information content (AvgIpc) is 2.32. The van der Waals surface area contributed by atoms with E-state index in [1.54, 1.807) is 0 Å². The molecule has 0 amide bonds. The van der Waals surface area contributed by atoms with Gasteiger partial charge in [-0.05, 0) is 67.1 Å². The lowest BCUT2D eigenvalue weighted by molar-refractivity contribution is 1.10. The molecule has 0 aliphatic carbocycles. The number of hydrogen-bond acceptors (Lipinski definition) is 1. The van der Waals surface area contributed by atoms with Crippen molar-refractivity contribution in [1.82, 2.24) is 0 Å². The molecule has 0 aliphatic rings. The van der Waals surface area contributed by atoms with Gasteiger partial charge >= 0.3 is 0 Å². The fourth-order valence-corrected chi connectivity index (χ4v) is 2.12. The molecule has 0 aromatic heterocycles. The van der Waals surface area contributed by atoms with Crippen LogP contribution in [-0.2, 0) is 6.42 Å². The van der Waals surface area contributed by atoms with E-state index in [1.807, 2.05) is 12.1 Å². The molecule has 1 heteroatoms. The summed E-state index contributed by atoms with van der Waals surface area (Å²) >= 11 is 0. The minimum atomic E-state index is 0.825. The predicted octanol–water partition coefficient (Wildman–Crippen LogP) is 3.78. The molecule has 0 radical (unpaired) electrons. The number of aryl methyl sites for hydroxylation is 2. The highest BCUT2D eigenvalue weighted by Crippen LogP contribution is 2.21. The van der Waals surface area contributed by atoms with Gasteiger partial charge in [0.15, 0.2) is 0 Å². The van der Waals surface area contributed by atoms with Gasteiger partial charge in [0, 0.05) is 5.69 Å². The number of nitrogens with two attached hydrogens (primary N) is 1. The van der Waals surface area contributed by atoms with E-state index in [9.17, 15) is 0 Å². The largest absolute Gasteiger partial charge is 0.399 e. The summed E-state index contributed by atoms with van der Waals surface area (Å²) in [7, 11) is 0. The minimum Gasteiger partial charge on any atom is -0.399 e. The van der Waals surface area contributed by atoms with Crippen LogP contribution in [0.5, 0.6) is 0 Å². The second-order valence-corrected chi connectivity index (χ2v) is 4.72. The van der Waals surface area contributed by atoms with E-state index in [-0.39, 0.29) is 0 Å². The van der Waals surface area contributed by atoms with E-state index >= 15 is 0 Å². The molecule has 0 spiro atoms. The van der Waals surface area contributed by atoms with Crippen molar-refractivity contribution in [3.63, 3.8) is 0 Å². The summed E-state index contributed by atoms with van der Waals surface area (Å²) in [6.45, 7) is 6.55. The van der Waals surface area contributed by atoms with Crippen LogP contribution in [0.15, 0.2) is 36.4 Å². The van der Waals surface area contributed by atoms with Gasteiger partial charge in [-0.3, -0.25) is 0 Å². The van der Waals surface area contributed by atoms with E-state index < -0.39 is 0 Å². The van der Waals surface area contributed by atoms with Gasteiger partial charge in [-0.2, -0.15) is 0 Å². The molecular weight excluding hydrogens is 206 g/mol. The van der Waals surface area contributed by atoms with E-state index in [0.717, 1.165) is 12.1 Å². The Hall–Kier alpha value is -1.76. The van der Waals surface area contributed by atoms with Gasteiger partial charge in [-0.1, -0.05) is 24.3 Å². The minimum absolute atomic E-state index is 0.825. The Labute approximate surface area is 103 Å². The van der Waals surface area contributed by atoms with Crippen LogP contribution in [0, 0.1) is 20.8 Å². The smallest absolute Gasteiger partial charge is 0.0314 e. The molecule has 0 saturated carbocycles. The average molecular weight is 225 g/mol.